The maximum atomic E-state index is 8.81. The van der Waals surface area contributed by atoms with Crippen molar-refractivity contribution in [1.29, 1.82) is 5.26 Å². The van der Waals surface area contributed by atoms with Gasteiger partial charge in [-0.3, -0.25) is 0 Å². The van der Waals surface area contributed by atoms with Gasteiger partial charge in [-0.15, -0.1) is 0 Å². The molecule has 0 saturated heterocycles. The van der Waals surface area contributed by atoms with Crippen molar-refractivity contribution >= 4 is 34.7 Å². The lowest BCUT2D eigenvalue weighted by molar-refractivity contribution is 1.29. The van der Waals surface area contributed by atoms with Gasteiger partial charge in [0, 0.05) is 10.7 Å². The summed E-state index contributed by atoms with van der Waals surface area (Å²) in [6.07, 6.45) is 0. The van der Waals surface area contributed by atoms with Crippen LogP contribution in [0.2, 0.25) is 10.2 Å². The van der Waals surface area contributed by atoms with Crippen molar-refractivity contribution in [1.82, 2.24) is 4.98 Å². The summed E-state index contributed by atoms with van der Waals surface area (Å²) >= 11 is 11.6. The number of benzene rings is 1. The van der Waals surface area contributed by atoms with Gasteiger partial charge in [0.15, 0.2) is 0 Å². The molecule has 0 bridgehead atoms. The third kappa shape index (κ3) is 3.10. The number of hydrogen-bond donors (Lipinski definition) is 1. The van der Waals surface area contributed by atoms with Gasteiger partial charge in [-0.05, 0) is 36.4 Å². The molecule has 0 spiro atoms. The van der Waals surface area contributed by atoms with Crippen molar-refractivity contribution in [2.45, 2.75) is 0 Å². The van der Waals surface area contributed by atoms with Crippen LogP contribution in [0.5, 0.6) is 0 Å². The van der Waals surface area contributed by atoms with Gasteiger partial charge in [-0.1, -0.05) is 23.2 Å². The molecule has 1 aromatic heterocycles. The Balaban J connectivity index is 2.27. The average molecular weight is 264 g/mol. The molecule has 2 aromatic rings. The van der Waals surface area contributed by atoms with Crippen LogP contribution in [0.3, 0.4) is 0 Å². The number of nitrogens with one attached hydrogen (secondary N) is 1. The van der Waals surface area contributed by atoms with Crippen molar-refractivity contribution in [2.75, 3.05) is 5.32 Å². The zero-order valence-corrected chi connectivity index (χ0v) is 10.1. The Morgan fingerprint density at radius 1 is 1.12 bits per heavy atom. The van der Waals surface area contributed by atoms with Gasteiger partial charge in [0.1, 0.15) is 11.0 Å². The van der Waals surface area contributed by atoms with E-state index in [0.29, 0.717) is 16.4 Å². The highest BCUT2D eigenvalue weighted by Gasteiger charge is 2.01. The fraction of sp³-hybridized carbons (Fsp3) is 0. The van der Waals surface area contributed by atoms with E-state index in [1.54, 1.807) is 18.2 Å². The molecular weight excluding hydrogens is 257 g/mol. The van der Waals surface area contributed by atoms with E-state index < -0.39 is 0 Å². The van der Waals surface area contributed by atoms with E-state index >= 15 is 0 Å². The highest BCUT2D eigenvalue weighted by atomic mass is 35.5. The molecule has 17 heavy (non-hydrogen) atoms. The number of nitrogens with zero attached hydrogens (tertiary/aromatic N) is 2. The van der Waals surface area contributed by atoms with E-state index in [0.717, 1.165) is 5.69 Å². The Kier molecular flexibility index (Phi) is 3.48. The molecular formula is C12H7Cl2N3. The standard InChI is InChI=1S/C12H7Cl2N3/c13-9-1-3-10(4-2-9)16-12-6-8(7-15)5-11(14)17-12/h1-6H,(H,16,17). The number of nitriles is 1. The second-order valence-electron chi connectivity index (χ2n) is 3.31. The van der Waals surface area contributed by atoms with Crippen molar-refractivity contribution in [3.05, 3.63) is 52.1 Å². The minimum absolute atomic E-state index is 0.278. The lowest BCUT2D eigenvalue weighted by atomic mass is 10.2. The highest BCUT2D eigenvalue weighted by molar-refractivity contribution is 6.30. The molecule has 3 nitrogen and oxygen atoms in total. The van der Waals surface area contributed by atoms with Gasteiger partial charge in [0.05, 0.1) is 11.6 Å². The smallest absolute Gasteiger partial charge is 0.133 e. The summed E-state index contributed by atoms with van der Waals surface area (Å²) in [6.45, 7) is 0. The van der Waals surface area contributed by atoms with Crippen LogP contribution in [0.25, 0.3) is 0 Å². The highest BCUT2D eigenvalue weighted by Crippen LogP contribution is 2.20. The first-order valence-electron chi connectivity index (χ1n) is 4.77. The molecule has 0 aliphatic heterocycles. The maximum absolute atomic E-state index is 8.81. The first kappa shape index (κ1) is 11.7. The summed E-state index contributed by atoms with van der Waals surface area (Å²) in [6, 6.07) is 12.3. The van der Waals surface area contributed by atoms with Gasteiger partial charge in [0.25, 0.3) is 0 Å². The number of aromatic nitrogens is 1. The topological polar surface area (TPSA) is 48.7 Å². The summed E-state index contributed by atoms with van der Waals surface area (Å²) in [5, 5.41) is 12.8. The molecule has 1 heterocycles. The van der Waals surface area contributed by atoms with Gasteiger partial charge in [-0.2, -0.15) is 5.26 Å². The van der Waals surface area contributed by atoms with E-state index in [4.69, 9.17) is 28.5 Å². The normalized spacial score (nSPS) is 9.71. The summed E-state index contributed by atoms with van der Waals surface area (Å²) in [5.41, 5.74) is 1.29. The zero-order valence-electron chi connectivity index (χ0n) is 8.61. The SMILES string of the molecule is N#Cc1cc(Cl)nc(Nc2ccc(Cl)cc2)c1. The summed E-state index contributed by atoms with van der Waals surface area (Å²) in [7, 11) is 0. The molecule has 1 N–H and O–H groups in total. The third-order valence-corrected chi connectivity index (χ3v) is 2.49. The van der Waals surface area contributed by atoms with Gasteiger partial charge >= 0.3 is 0 Å². The molecule has 0 atom stereocenters. The summed E-state index contributed by atoms with van der Waals surface area (Å²) in [4.78, 5) is 4.07. The summed E-state index contributed by atoms with van der Waals surface area (Å²) < 4.78 is 0. The van der Waals surface area contributed by atoms with E-state index in [1.807, 2.05) is 18.2 Å². The van der Waals surface area contributed by atoms with Crippen LogP contribution < -0.4 is 5.32 Å². The van der Waals surface area contributed by atoms with Crippen molar-refractivity contribution in [3.63, 3.8) is 0 Å². The molecule has 0 unspecified atom stereocenters. The average Bonchev–Trinajstić information content (AvgIpc) is 2.31. The molecule has 0 aliphatic carbocycles. The third-order valence-electron chi connectivity index (χ3n) is 2.04. The molecule has 5 heteroatoms. The molecule has 0 saturated carbocycles. The predicted octanol–water partition coefficient (Wildman–Crippen LogP) is 4.00. The minimum Gasteiger partial charge on any atom is -0.340 e. The Labute approximate surface area is 109 Å². The van der Waals surface area contributed by atoms with Crippen molar-refractivity contribution < 1.29 is 0 Å². The number of pyridine rings is 1. The molecule has 2 rings (SSSR count). The Bertz CT molecular complexity index is 573. The fourth-order valence-corrected chi connectivity index (χ4v) is 1.64. The van der Waals surface area contributed by atoms with E-state index in [9.17, 15) is 0 Å². The second-order valence-corrected chi connectivity index (χ2v) is 4.13. The lowest BCUT2D eigenvalue weighted by Gasteiger charge is -2.06. The van der Waals surface area contributed by atoms with Crippen LogP contribution in [-0.4, -0.2) is 4.98 Å². The lowest BCUT2D eigenvalue weighted by Crippen LogP contribution is -1.94. The Morgan fingerprint density at radius 3 is 2.47 bits per heavy atom. The number of rotatable bonds is 2. The molecule has 84 valence electrons. The van der Waals surface area contributed by atoms with Crippen molar-refractivity contribution in [2.24, 2.45) is 0 Å². The molecule has 0 aliphatic rings. The first-order valence-corrected chi connectivity index (χ1v) is 5.53. The number of anilines is 2. The van der Waals surface area contributed by atoms with E-state index in [-0.39, 0.29) is 5.15 Å². The van der Waals surface area contributed by atoms with Crippen LogP contribution in [-0.2, 0) is 0 Å². The van der Waals surface area contributed by atoms with Crippen LogP contribution in [0.15, 0.2) is 36.4 Å². The fourth-order valence-electron chi connectivity index (χ4n) is 1.31. The van der Waals surface area contributed by atoms with Crippen LogP contribution >= 0.6 is 23.2 Å². The first-order chi connectivity index (χ1) is 8.17. The Hall–Kier alpha value is -1.76. The molecule has 0 amide bonds. The number of hydrogen-bond acceptors (Lipinski definition) is 3. The van der Waals surface area contributed by atoms with E-state index in [2.05, 4.69) is 10.3 Å². The van der Waals surface area contributed by atoms with Gasteiger partial charge < -0.3 is 5.32 Å². The van der Waals surface area contributed by atoms with Crippen LogP contribution in [0.4, 0.5) is 11.5 Å². The van der Waals surface area contributed by atoms with E-state index in [1.165, 1.54) is 6.07 Å². The van der Waals surface area contributed by atoms with Crippen LogP contribution in [0.1, 0.15) is 5.56 Å². The zero-order chi connectivity index (χ0) is 12.3. The quantitative estimate of drug-likeness (QED) is 0.834. The van der Waals surface area contributed by atoms with Crippen LogP contribution in [0, 0.1) is 11.3 Å². The van der Waals surface area contributed by atoms with Gasteiger partial charge in [0.2, 0.25) is 0 Å². The van der Waals surface area contributed by atoms with Gasteiger partial charge in [-0.25, -0.2) is 4.98 Å². The molecule has 1 aromatic carbocycles. The monoisotopic (exact) mass is 263 g/mol. The molecule has 0 radical (unpaired) electrons. The second kappa shape index (κ2) is 5.05. The Morgan fingerprint density at radius 2 is 1.82 bits per heavy atom. The largest absolute Gasteiger partial charge is 0.340 e. The summed E-state index contributed by atoms with van der Waals surface area (Å²) in [5.74, 6) is 0.524. The minimum atomic E-state index is 0.278. The maximum Gasteiger partial charge on any atom is 0.133 e. The van der Waals surface area contributed by atoms with Crippen molar-refractivity contribution in [3.8, 4) is 6.07 Å². The molecule has 0 fully saturated rings. The number of halogens is 2. The predicted molar refractivity (Wildman–Crippen MR) is 68.7 cm³/mol.